The molecule has 0 aliphatic carbocycles. The number of anilines is 1. The molecule has 0 unspecified atom stereocenters. The molecule has 0 atom stereocenters. The fraction of sp³-hybridized carbons (Fsp3) is 0.556. The summed E-state index contributed by atoms with van der Waals surface area (Å²) in [5.74, 6) is 0. The maximum absolute atomic E-state index is 13.0. The van der Waals surface area contributed by atoms with Crippen molar-refractivity contribution in [3.05, 3.63) is 29.3 Å². The summed E-state index contributed by atoms with van der Waals surface area (Å²) >= 11 is 0. The highest BCUT2D eigenvalue weighted by Gasteiger charge is 2.46. The van der Waals surface area contributed by atoms with E-state index in [1.165, 1.54) is 11.0 Å². The van der Waals surface area contributed by atoms with E-state index < -0.39 is 35.1 Å². The van der Waals surface area contributed by atoms with Gasteiger partial charge in [-0.05, 0) is 32.9 Å². The predicted molar refractivity (Wildman–Crippen MR) is 90.3 cm³/mol. The summed E-state index contributed by atoms with van der Waals surface area (Å²) in [7, 11) is 0. The smallest absolute Gasteiger partial charge is 0.416 e. The number of amides is 2. The van der Waals surface area contributed by atoms with E-state index in [1.807, 2.05) is 0 Å². The van der Waals surface area contributed by atoms with Crippen molar-refractivity contribution in [1.29, 1.82) is 0 Å². The molecule has 9 heteroatoms. The Hall–Kier alpha value is -2.45. The third-order valence-corrected chi connectivity index (χ3v) is 4.59. The number of nitrogens with one attached hydrogen (secondary N) is 1. The number of halogens is 3. The van der Waals surface area contributed by atoms with Gasteiger partial charge in [-0.15, -0.1) is 0 Å². The number of carbonyl (C=O) groups is 2. The molecule has 0 radical (unpaired) electrons. The van der Waals surface area contributed by atoms with Crippen LogP contribution in [0.2, 0.25) is 0 Å². The number of alkyl halides is 3. The van der Waals surface area contributed by atoms with Crippen LogP contribution in [0.5, 0.6) is 0 Å². The first-order valence-corrected chi connectivity index (χ1v) is 8.59. The Labute approximate surface area is 154 Å². The van der Waals surface area contributed by atoms with Crippen LogP contribution in [0.25, 0.3) is 0 Å². The third-order valence-electron chi connectivity index (χ3n) is 4.59. The van der Waals surface area contributed by atoms with E-state index in [0.29, 0.717) is 5.56 Å². The summed E-state index contributed by atoms with van der Waals surface area (Å²) in [4.78, 5) is 25.7. The minimum atomic E-state index is -4.51. The second-order valence-electron chi connectivity index (χ2n) is 7.73. The topological polar surface area (TPSA) is 67.9 Å². The molecule has 1 saturated heterocycles. The Balaban J connectivity index is 1.83. The van der Waals surface area contributed by atoms with Crippen LogP contribution in [-0.4, -0.2) is 35.8 Å². The van der Waals surface area contributed by atoms with Crippen molar-refractivity contribution < 1.29 is 32.2 Å². The van der Waals surface area contributed by atoms with E-state index in [1.54, 1.807) is 20.8 Å². The van der Waals surface area contributed by atoms with Gasteiger partial charge in [0.05, 0.1) is 11.3 Å². The Morgan fingerprint density at radius 2 is 1.85 bits per heavy atom. The van der Waals surface area contributed by atoms with Crippen molar-refractivity contribution >= 4 is 17.9 Å². The SMILES string of the molecule is CC(C)(C)OC(=O)N1CCC2(CC1)OC(=O)Nc1cc(C(F)(F)F)ccc12. The first-order chi connectivity index (χ1) is 12.4. The summed E-state index contributed by atoms with van der Waals surface area (Å²) in [5, 5.41) is 2.34. The zero-order valence-corrected chi connectivity index (χ0v) is 15.3. The van der Waals surface area contributed by atoms with E-state index in [2.05, 4.69) is 5.32 Å². The van der Waals surface area contributed by atoms with Gasteiger partial charge in [0.25, 0.3) is 0 Å². The molecular formula is C18H21F3N2O4. The third kappa shape index (κ3) is 3.96. The molecule has 2 aliphatic rings. The number of ether oxygens (including phenoxy) is 2. The lowest BCUT2D eigenvalue weighted by Gasteiger charge is -2.44. The van der Waals surface area contributed by atoms with Gasteiger partial charge in [-0.3, -0.25) is 5.32 Å². The highest BCUT2D eigenvalue weighted by Crippen LogP contribution is 2.45. The molecule has 27 heavy (non-hydrogen) atoms. The normalized spacial score (nSPS) is 19.2. The number of fused-ring (bicyclic) bond motifs is 2. The Morgan fingerprint density at radius 1 is 1.22 bits per heavy atom. The number of nitrogens with zero attached hydrogens (tertiary/aromatic N) is 1. The summed E-state index contributed by atoms with van der Waals surface area (Å²) < 4.78 is 49.7. The molecule has 2 heterocycles. The van der Waals surface area contributed by atoms with Gasteiger partial charge >= 0.3 is 18.4 Å². The number of hydrogen-bond acceptors (Lipinski definition) is 4. The van der Waals surface area contributed by atoms with Gasteiger partial charge in [0, 0.05) is 31.5 Å². The molecule has 148 valence electrons. The standard InChI is InChI=1S/C18H21F3N2O4/c1-16(2,3)27-15(25)23-8-6-17(7-9-23)12-5-4-11(18(19,20)21)10-13(12)22-14(24)26-17/h4-5,10H,6-9H2,1-3H3,(H,22,24). The number of likely N-dealkylation sites (tertiary alicyclic amines) is 1. The molecule has 0 bridgehead atoms. The van der Waals surface area contributed by atoms with Gasteiger partial charge in [-0.25, -0.2) is 9.59 Å². The zero-order chi connectivity index (χ0) is 20.0. The van der Waals surface area contributed by atoms with Gasteiger partial charge in [0.15, 0.2) is 0 Å². The number of piperidine rings is 1. The second-order valence-corrected chi connectivity index (χ2v) is 7.73. The Morgan fingerprint density at radius 3 is 2.41 bits per heavy atom. The van der Waals surface area contributed by atoms with E-state index >= 15 is 0 Å². The molecule has 1 N–H and O–H groups in total. The van der Waals surface area contributed by atoms with Crippen LogP contribution < -0.4 is 5.32 Å². The van der Waals surface area contributed by atoms with Gasteiger partial charge in [-0.2, -0.15) is 13.2 Å². The van der Waals surface area contributed by atoms with Crippen molar-refractivity contribution in [3.8, 4) is 0 Å². The average Bonchev–Trinajstić information content (AvgIpc) is 2.52. The quantitative estimate of drug-likeness (QED) is 0.713. The average molecular weight is 386 g/mol. The second kappa shape index (κ2) is 6.31. The molecule has 1 fully saturated rings. The molecular weight excluding hydrogens is 365 g/mol. The molecule has 0 aromatic heterocycles. The van der Waals surface area contributed by atoms with Gasteiger partial charge in [0.2, 0.25) is 0 Å². The van der Waals surface area contributed by atoms with Gasteiger partial charge in [0.1, 0.15) is 11.2 Å². The Bertz CT molecular complexity index is 763. The maximum Gasteiger partial charge on any atom is 0.416 e. The minimum Gasteiger partial charge on any atom is -0.444 e. The molecule has 0 saturated carbocycles. The number of benzene rings is 1. The first-order valence-electron chi connectivity index (χ1n) is 8.59. The van der Waals surface area contributed by atoms with E-state index in [9.17, 15) is 22.8 Å². The van der Waals surface area contributed by atoms with Gasteiger partial charge in [-0.1, -0.05) is 6.07 Å². The Kier molecular flexibility index (Phi) is 4.52. The summed E-state index contributed by atoms with van der Waals surface area (Å²) in [6.45, 7) is 5.82. The molecule has 3 rings (SSSR count). The predicted octanol–water partition coefficient (Wildman–Crippen LogP) is 4.49. The van der Waals surface area contributed by atoms with Crippen molar-refractivity contribution in [1.82, 2.24) is 4.90 Å². The van der Waals surface area contributed by atoms with Crippen LogP contribution in [0.15, 0.2) is 18.2 Å². The summed E-state index contributed by atoms with van der Waals surface area (Å²) in [6, 6.07) is 3.22. The maximum atomic E-state index is 13.0. The van der Waals surface area contributed by atoms with Crippen molar-refractivity contribution in [3.63, 3.8) is 0 Å². The van der Waals surface area contributed by atoms with E-state index in [0.717, 1.165) is 12.1 Å². The van der Waals surface area contributed by atoms with Crippen LogP contribution in [0.3, 0.4) is 0 Å². The monoisotopic (exact) mass is 386 g/mol. The van der Waals surface area contributed by atoms with Crippen molar-refractivity contribution in [2.24, 2.45) is 0 Å². The van der Waals surface area contributed by atoms with Crippen LogP contribution in [0.4, 0.5) is 28.4 Å². The molecule has 1 spiro atoms. The molecule has 2 amide bonds. The van der Waals surface area contributed by atoms with E-state index in [4.69, 9.17) is 9.47 Å². The number of carbonyl (C=O) groups excluding carboxylic acids is 2. The molecule has 2 aliphatic heterocycles. The molecule has 6 nitrogen and oxygen atoms in total. The first kappa shape index (κ1) is 19.3. The van der Waals surface area contributed by atoms with Crippen molar-refractivity contribution in [2.75, 3.05) is 18.4 Å². The molecule has 1 aromatic rings. The number of rotatable bonds is 0. The van der Waals surface area contributed by atoms with E-state index in [-0.39, 0.29) is 31.6 Å². The fourth-order valence-electron chi connectivity index (χ4n) is 3.34. The van der Waals surface area contributed by atoms with Crippen LogP contribution >= 0.6 is 0 Å². The number of hydrogen-bond donors (Lipinski definition) is 1. The van der Waals surface area contributed by atoms with Gasteiger partial charge < -0.3 is 14.4 Å². The molecule has 1 aromatic carbocycles. The summed E-state index contributed by atoms with van der Waals surface area (Å²) in [6.07, 6.45) is -5.22. The zero-order valence-electron chi connectivity index (χ0n) is 15.3. The lowest BCUT2D eigenvalue weighted by Crippen LogP contribution is -2.50. The van der Waals surface area contributed by atoms with Crippen LogP contribution in [0, 0.1) is 0 Å². The fourth-order valence-corrected chi connectivity index (χ4v) is 3.34. The minimum absolute atomic E-state index is 0.0896. The lowest BCUT2D eigenvalue weighted by atomic mass is 9.82. The van der Waals surface area contributed by atoms with Crippen LogP contribution in [-0.2, 0) is 21.3 Å². The van der Waals surface area contributed by atoms with Crippen LogP contribution in [0.1, 0.15) is 44.7 Å². The summed E-state index contributed by atoms with van der Waals surface area (Å²) in [5.41, 5.74) is -1.95. The van der Waals surface area contributed by atoms with Crippen molar-refractivity contribution in [2.45, 2.75) is 51.0 Å². The highest BCUT2D eigenvalue weighted by molar-refractivity contribution is 5.89. The lowest BCUT2D eigenvalue weighted by molar-refractivity contribution is -0.137. The highest BCUT2D eigenvalue weighted by atomic mass is 19.4. The largest absolute Gasteiger partial charge is 0.444 e.